The molecule has 0 atom stereocenters. The van der Waals surface area contributed by atoms with Crippen LogP contribution in [0.1, 0.15) is 13.8 Å². The Kier molecular flexibility index (Phi) is 8.48. The van der Waals surface area contributed by atoms with Crippen molar-refractivity contribution in [2.75, 3.05) is 0 Å². The van der Waals surface area contributed by atoms with Gasteiger partial charge in [-0.15, -0.1) is 11.3 Å². The average molecular weight is 891 g/mol. The number of benzene rings is 10. The Balaban J connectivity index is 0.00000216. The molecule has 0 radical (unpaired) electrons. The summed E-state index contributed by atoms with van der Waals surface area (Å²) in [7, 11) is 0. The van der Waals surface area contributed by atoms with Gasteiger partial charge in [-0.3, -0.25) is 4.57 Å². The predicted molar refractivity (Wildman–Crippen MR) is 284 cm³/mol. The van der Waals surface area contributed by atoms with Gasteiger partial charge in [0.25, 0.3) is 0 Å². The second-order valence-electron chi connectivity index (χ2n) is 17.1. The van der Waals surface area contributed by atoms with Gasteiger partial charge < -0.3 is 8.83 Å². The van der Waals surface area contributed by atoms with Crippen molar-refractivity contribution in [3.8, 4) is 39.9 Å². The molecule has 10 aromatic carbocycles. The molecular formula is C61H38N4O2S. The lowest BCUT2D eigenvalue weighted by Crippen LogP contribution is -2.07. The molecule has 0 aliphatic carbocycles. The first kappa shape index (κ1) is 38.6. The first-order valence-corrected chi connectivity index (χ1v) is 23.9. The maximum Gasteiger partial charge on any atom is 0.238 e. The molecule has 0 unspecified atom stereocenters. The maximum atomic E-state index is 6.42. The van der Waals surface area contributed by atoms with E-state index < -0.39 is 0 Å². The van der Waals surface area contributed by atoms with Crippen LogP contribution in [0.25, 0.3) is 147 Å². The lowest BCUT2D eigenvalue weighted by Gasteiger charge is -2.13. The van der Waals surface area contributed by atoms with Gasteiger partial charge in [0.15, 0.2) is 11.6 Å². The highest BCUT2D eigenvalue weighted by Gasteiger charge is 2.23. The molecule has 0 aliphatic heterocycles. The zero-order valence-electron chi connectivity index (χ0n) is 37.0. The van der Waals surface area contributed by atoms with E-state index in [9.17, 15) is 0 Å². The van der Waals surface area contributed by atoms with Crippen LogP contribution in [0, 0.1) is 0 Å². The lowest BCUT2D eigenvalue weighted by molar-refractivity contribution is 0.668. The summed E-state index contributed by atoms with van der Waals surface area (Å²) in [5.74, 6) is 1.59. The van der Waals surface area contributed by atoms with E-state index in [1.54, 1.807) is 0 Å². The Bertz CT molecular complexity index is 4420. The fourth-order valence-corrected chi connectivity index (χ4v) is 11.5. The summed E-state index contributed by atoms with van der Waals surface area (Å²) in [4.78, 5) is 16.1. The van der Waals surface area contributed by atoms with E-state index in [1.807, 2.05) is 61.6 Å². The van der Waals surface area contributed by atoms with Crippen LogP contribution in [0.5, 0.6) is 0 Å². The highest BCUT2D eigenvalue weighted by atomic mass is 32.1. The molecule has 0 saturated carbocycles. The summed E-state index contributed by atoms with van der Waals surface area (Å²) in [6, 6.07) is 68.7. The Labute approximate surface area is 393 Å². The van der Waals surface area contributed by atoms with E-state index in [0.29, 0.717) is 17.6 Å². The third-order valence-corrected chi connectivity index (χ3v) is 14.6. The van der Waals surface area contributed by atoms with Crippen molar-refractivity contribution in [2.45, 2.75) is 13.8 Å². The van der Waals surface area contributed by atoms with Gasteiger partial charge in [0.1, 0.15) is 22.3 Å². The van der Waals surface area contributed by atoms with E-state index in [1.165, 1.54) is 36.3 Å². The number of hydrogen-bond acceptors (Lipinski definition) is 6. The highest BCUT2D eigenvalue weighted by Crippen LogP contribution is 2.44. The van der Waals surface area contributed by atoms with Gasteiger partial charge in [0, 0.05) is 69.2 Å². The van der Waals surface area contributed by atoms with Crippen molar-refractivity contribution in [3.05, 3.63) is 194 Å². The van der Waals surface area contributed by atoms with Crippen molar-refractivity contribution in [1.29, 1.82) is 0 Å². The van der Waals surface area contributed by atoms with Gasteiger partial charge in [-0.05, 0) is 93.8 Å². The van der Waals surface area contributed by atoms with E-state index in [4.69, 9.17) is 23.8 Å². The topological polar surface area (TPSA) is 69.9 Å². The first-order valence-electron chi connectivity index (χ1n) is 23.1. The van der Waals surface area contributed by atoms with Gasteiger partial charge in [0.05, 0.1) is 11.0 Å². The normalized spacial score (nSPS) is 12.0. The molecule has 7 heteroatoms. The van der Waals surface area contributed by atoms with Gasteiger partial charge >= 0.3 is 0 Å². The molecule has 68 heavy (non-hydrogen) atoms. The standard InChI is InChI=1S/C59H32N4O2S.C2H6/c1-2-12-35-30-48-46(28-34(35)11-1)45-17-9-16-40(36-23-26-53-47(29-36)55-39-13-4-3-10-33(39)22-27-54(55)66-53)56(45)63(48)59-61-57(37-20-24-43-41-14-5-7-18-49(41)64-51(43)31-37)60-58(62-59)38-21-25-44-42-15-6-8-19-50(42)65-52(44)32-38;1-2/h1-32H;1-2H3. The van der Waals surface area contributed by atoms with Gasteiger partial charge in [-0.1, -0.05) is 141 Å². The van der Waals surface area contributed by atoms with Crippen molar-refractivity contribution in [1.82, 2.24) is 19.5 Å². The van der Waals surface area contributed by atoms with Crippen LogP contribution in [-0.2, 0) is 0 Å². The summed E-state index contributed by atoms with van der Waals surface area (Å²) in [5, 5.41) is 13.8. The zero-order valence-corrected chi connectivity index (χ0v) is 37.8. The van der Waals surface area contributed by atoms with Crippen LogP contribution in [-0.4, -0.2) is 19.5 Å². The van der Waals surface area contributed by atoms with Crippen molar-refractivity contribution >= 4 is 119 Å². The molecule has 0 spiro atoms. The summed E-state index contributed by atoms with van der Waals surface area (Å²) in [5.41, 5.74) is 9.11. The van der Waals surface area contributed by atoms with Crippen molar-refractivity contribution in [2.24, 2.45) is 0 Å². The zero-order chi connectivity index (χ0) is 45.0. The van der Waals surface area contributed by atoms with Crippen LogP contribution < -0.4 is 0 Å². The molecule has 0 N–H and O–H groups in total. The fourth-order valence-electron chi connectivity index (χ4n) is 10.4. The second kappa shape index (κ2) is 14.9. The molecule has 0 fully saturated rings. The number of hydrogen-bond donors (Lipinski definition) is 0. The molecular weight excluding hydrogens is 853 g/mol. The molecule has 15 aromatic rings. The number of furan rings is 2. The Hall–Kier alpha value is -8.65. The Morgan fingerprint density at radius 2 is 0.941 bits per heavy atom. The number of nitrogens with zero attached hydrogens (tertiary/aromatic N) is 4. The van der Waals surface area contributed by atoms with E-state index >= 15 is 0 Å². The van der Waals surface area contributed by atoms with Crippen LogP contribution in [0.4, 0.5) is 0 Å². The molecule has 0 amide bonds. The van der Waals surface area contributed by atoms with E-state index in [-0.39, 0.29) is 0 Å². The quantitative estimate of drug-likeness (QED) is 0.176. The maximum absolute atomic E-state index is 6.42. The molecule has 5 aromatic heterocycles. The molecule has 320 valence electrons. The minimum absolute atomic E-state index is 0.514. The van der Waals surface area contributed by atoms with E-state index in [0.717, 1.165) is 93.3 Å². The molecule has 0 saturated heterocycles. The number of fused-ring (bicyclic) bond motifs is 15. The summed E-state index contributed by atoms with van der Waals surface area (Å²) < 4.78 is 17.6. The summed E-state index contributed by atoms with van der Waals surface area (Å²) >= 11 is 1.85. The van der Waals surface area contributed by atoms with E-state index in [2.05, 4.69) is 162 Å². The minimum atomic E-state index is 0.514. The first-order chi connectivity index (χ1) is 33.7. The number of rotatable bonds is 4. The predicted octanol–water partition coefficient (Wildman–Crippen LogP) is 17.5. The molecule has 0 aliphatic rings. The third-order valence-electron chi connectivity index (χ3n) is 13.4. The van der Waals surface area contributed by atoms with Crippen molar-refractivity contribution in [3.63, 3.8) is 0 Å². The average Bonchev–Trinajstić information content (AvgIpc) is 4.16. The van der Waals surface area contributed by atoms with Crippen LogP contribution >= 0.6 is 11.3 Å². The fraction of sp³-hybridized carbons (Fsp3) is 0.0328. The Morgan fingerprint density at radius 3 is 1.63 bits per heavy atom. The van der Waals surface area contributed by atoms with Gasteiger partial charge in [-0.2, -0.15) is 9.97 Å². The van der Waals surface area contributed by atoms with Gasteiger partial charge in [-0.25, -0.2) is 4.98 Å². The monoisotopic (exact) mass is 890 g/mol. The van der Waals surface area contributed by atoms with Crippen molar-refractivity contribution < 1.29 is 8.83 Å². The summed E-state index contributed by atoms with van der Waals surface area (Å²) in [6.07, 6.45) is 0. The Morgan fingerprint density at radius 1 is 0.382 bits per heavy atom. The number of para-hydroxylation sites is 3. The largest absolute Gasteiger partial charge is 0.456 e. The van der Waals surface area contributed by atoms with Crippen LogP contribution in [0.15, 0.2) is 203 Å². The van der Waals surface area contributed by atoms with Crippen LogP contribution in [0.3, 0.4) is 0 Å². The molecule has 15 rings (SSSR count). The summed E-state index contributed by atoms with van der Waals surface area (Å²) in [6.45, 7) is 4.00. The number of aromatic nitrogens is 4. The number of thiophene rings is 1. The SMILES string of the molecule is CC.c1ccc2cc3c(cc2c1)c1cccc(-c2ccc4sc5ccc6ccccc6c5c4c2)c1n3-c1nc(-c2ccc3c(c2)oc2ccccc23)nc(-c2ccc3c(c2)oc2ccccc23)n1. The smallest absolute Gasteiger partial charge is 0.238 e. The molecule has 0 bridgehead atoms. The molecule has 6 nitrogen and oxygen atoms in total. The highest BCUT2D eigenvalue weighted by molar-refractivity contribution is 7.26. The lowest BCUT2D eigenvalue weighted by atomic mass is 9.98. The third kappa shape index (κ3) is 5.79. The molecule has 5 heterocycles. The van der Waals surface area contributed by atoms with Gasteiger partial charge in [0.2, 0.25) is 5.95 Å². The van der Waals surface area contributed by atoms with Crippen LogP contribution in [0.2, 0.25) is 0 Å². The minimum Gasteiger partial charge on any atom is -0.456 e. The second-order valence-corrected chi connectivity index (χ2v) is 18.2.